The van der Waals surface area contributed by atoms with Crippen molar-refractivity contribution in [3.05, 3.63) is 63.3 Å². The number of halogens is 1. The van der Waals surface area contributed by atoms with Gasteiger partial charge in [0.1, 0.15) is 11.3 Å². The third-order valence-corrected chi connectivity index (χ3v) is 4.52. The van der Waals surface area contributed by atoms with E-state index in [4.69, 9.17) is 9.15 Å². The third kappa shape index (κ3) is 3.17. The van der Waals surface area contributed by atoms with Crippen LogP contribution in [0.25, 0.3) is 11.0 Å². The van der Waals surface area contributed by atoms with E-state index in [1.165, 1.54) is 0 Å². The Hall–Kier alpha value is -2.27. The SMILES string of the molecule is COc1cc(CNC(=O)c2oc3ccc(Br)cc3c2C)ccc1C. The van der Waals surface area contributed by atoms with Gasteiger partial charge in [0.2, 0.25) is 0 Å². The molecule has 0 atom stereocenters. The predicted octanol–water partition coefficient (Wildman–Crippen LogP) is 4.75. The summed E-state index contributed by atoms with van der Waals surface area (Å²) >= 11 is 3.44. The molecule has 0 bridgehead atoms. The van der Waals surface area contributed by atoms with Crippen LogP contribution in [0.5, 0.6) is 5.75 Å². The minimum Gasteiger partial charge on any atom is -0.496 e. The second kappa shape index (κ2) is 6.69. The number of fused-ring (bicyclic) bond motifs is 1. The Morgan fingerprint density at radius 2 is 2.00 bits per heavy atom. The summed E-state index contributed by atoms with van der Waals surface area (Å²) in [6.45, 7) is 4.29. The maximum atomic E-state index is 12.5. The fraction of sp³-hybridized carbons (Fsp3) is 0.211. The Labute approximate surface area is 148 Å². The molecule has 0 saturated heterocycles. The van der Waals surface area contributed by atoms with Gasteiger partial charge in [0, 0.05) is 22.0 Å². The van der Waals surface area contributed by atoms with Gasteiger partial charge in [0.25, 0.3) is 5.91 Å². The number of amides is 1. The average Bonchev–Trinajstić information content (AvgIpc) is 2.90. The maximum Gasteiger partial charge on any atom is 0.287 e. The van der Waals surface area contributed by atoms with Crippen molar-refractivity contribution in [2.75, 3.05) is 7.11 Å². The van der Waals surface area contributed by atoms with Crippen molar-refractivity contribution in [1.82, 2.24) is 5.32 Å². The van der Waals surface area contributed by atoms with Gasteiger partial charge in [-0.15, -0.1) is 0 Å². The fourth-order valence-corrected chi connectivity index (χ4v) is 3.01. The number of rotatable bonds is 4. The molecular weight excluding hydrogens is 370 g/mol. The number of methoxy groups -OCH3 is 1. The highest BCUT2D eigenvalue weighted by atomic mass is 79.9. The number of carbonyl (C=O) groups is 1. The van der Waals surface area contributed by atoms with Gasteiger partial charge in [0.15, 0.2) is 5.76 Å². The molecule has 0 aliphatic rings. The van der Waals surface area contributed by atoms with Crippen molar-refractivity contribution >= 4 is 32.8 Å². The zero-order valence-corrected chi connectivity index (χ0v) is 15.4. The van der Waals surface area contributed by atoms with E-state index < -0.39 is 0 Å². The molecule has 1 amide bonds. The lowest BCUT2D eigenvalue weighted by Crippen LogP contribution is -2.23. The largest absolute Gasteiger partial charge is 0.496 e. The minimum absolute atomic E-state index is 0.223. The van der Waals surface area contributed by atoms with E-state index in [1.54, 1.807) is 7.11 Å². The van der Waals surface area contributed by atoms with Crippen LogP contribution in [0.15, 0.2) is 45.3 Å². The zero-order chi connectivity index (χ0) is 17.3. The number of ether oxygens (including phenoxy) is 1. The maximum absolute atomic E-state index is 12.5. The topological polar surface area (TPSA) is 51.5 Å². The van der Waals surface area contributed by atoms with E-state index in [1.807, 2.05) is 50.2 Å². The lowest BCUT2D eigenvalue weighted by molar-refractivity contribution is 0.0924. The van der Waals surface area contributed by atoms with Crippen LogP contribution in [-0.2, 0) is 6.54 Å². The molecule has 0 spiro atoms. The van der Waals surface area contributed by atoms with Crippen molar-refractivity contribution < 1.29 is 13.9 Å². The summed E-state index contributed by atoms with van der Waals surface area (Å²) in [6.07, 6.45) is 0. The second-order valence-electron chi connectivity index (χ2n) is 5.68. The summed E-state index contributed by atoms with van der Waals surface area (Å²) < 4.78 is 12.0. The van der Waals surface area contributed by atoms with Gasteiger partial charge in [-0.3, -0.25) is 4.79 Å². The number of hydrogen-bond donors (Lipinski definition) is 1. The van der Waals surface area contributed by atoms with Crippen LogP contribution >= 0.6 is 15.9 Å². The van der Waals surface area contributed by atoms with Gasteiger partial charge >= 0.3 is 0 Å². The van der Waals surface area contributed by atoms with E-state index >= 15 is 0 Å². The van der Waals surface area contributed by atoms with Gasteiger partial charge in [0.05, 0.1) is 7.11 Å². The molecular formula is C19H18BrNO3. The van der Waals surface area contributed by atoms with Crippen LogP contribution in [0.4, 0.5) is 0 Å². The molecule has 1 N–H and O–H groups in total. The molecule has 0 radical (unpaired) electrons. The summed E-state index contributed by atoms with van der Waals surface area (Å²) in [5.41, 5.74) is 3.58. The first kappa shape index (κ1) is 16.6. The first-order valence-corrected chi connectivity index (χ1v) is 8.39. The number of nitrogens with one attached hydrogen (secondary N) is 1. The number of aryl methyl sites for hydroxylation is 2. The smallest absolute Gasteiger partial charge is 0.287 e. The molecule has 1 heterocycles. The van der Waals surface area contributed by atoms with E-state index in [9.17, 15) is 4.79 Å². The Balaban J connectivity index is 1.79. The van der Waals surface area contributed by atoms with Gasteiger partial charge in [-0.25, -0.2) is 0 Å². The number of benzene rings is 2. The first-order valence-electron chi connectivity index (χ1n) is 7.60. The summed E-state index contributed by atoms with van der Waals surface area (Å²) in [7, 11) is 1.64. The monoisotopic (exact) mass is 387 g/mol. The molecule has 5 heteroatoms. The highest BCUT2D eigenvalue weighted by Gasteiger charge is 2.17. The highest BCUT2D eigenvalue weighted by Crippen LogP contribution is 2.28. The molecule has 3 aromatic rings. The van der Waals surface area contributed by atoms with Crippen molar-refractivity contribution in [3.8, 4) is 5.75 Å². The van der Waals surface area contributed by atoms with E-state index in [0.29, 0.717) is 17.9 Å². The van der Waals surface area contributed by atoms with Crippen molar-refractivity contribution in [2.24, 2.45) is 0 Å². The number of hydrogen-bond acceptors (Lipinski definition) is 3. The fourth-order valence-electron chi connectivity index (χ4n) is 2.65. The summed E-state index contributed by atoms with van der Waals surface area (Å²) in [6, 6.07) is 11.6. The lowest BCUT2D eigenvalue weighted by Gasteiger charge is -2.08. The van der Waals surface area contributed by atoms with Gasteiger partial charge in [-0.05, 0) is 49.2 Å². The summed E-state index contributed by atoms with van der Waals surface area (Å²) in [4.78, 5) is 12.5. The molecule has 4 nitrogen and oxygen atoms in total. The number of furan rings is 1. The Bertz CT molecular complexity index is 914. The lowest BCUT2D eigenvalue weighted by atomic mass is 10.1. The van der Waals surface area contributed by atoms with Gasteiger partial charge < -0.3 is 14.5 Å². The van der Waals surface area contributed by atoms with Crippen molar-refractivity contribution in [3.63, 3.8) is 0 Å². The van der Waals surface area contributed by atoms with Crippen LogP contribution in [0.2, 0.25) is 0 Å². The minimum atomic E-state index is -0.223. The second-order valence-corrected chi connectivity index (χ2v) is 6.60. The number of carbonyl (C=O) groups excluding carboxylic acids is 1. The zero-order valence-electron chi connectivity index (χ0n) is 13.8. The molecule has 2 aromatic carbocycles. The molecule has 1 aromatic heterocycles. The molecule has 0 saturated carbocycles. The van der Waals surface area contributed by atoms with E-state index in [2.05, 4.69) is 21.2 Å². The Kier molecular flexibility index (Phi) is 4.62. The van der Waals surface area contributed by atoms with Crippen LogP contribution in [-0.4, -0.2) is 13.0 Å². The molecule has 0 unspecified atom stereocenters. The van der Waals surface area contributed by atoms with Crippen LogP contribution < -0.4 is 10.1 Å². The van der Waals surface area contributed by atoms with Crippen LogP contribution in [0.3, 0.4) is 0 Å². The highest BCUT2D eigenvalue weighted by molar-refractivity contribution is 9.10. The molecule has 24 heavy (non-hydrogen) atoms. The molecule has 124 valence electrons. The van der Waals surface area contributed by atoms with E-state index in [0.717, 1.165) is 32.3 Å². The van der Waals surface area contributed by atoms with E-state index in [-0.39, 0.29) is 5.91 Å². The van der Waals surface area contributed by atoms with Gasteiger partial charge in [-0.1, -0.05) is 28.1 Å². The summed E-state index contributed by atoms with van der Waals surface area (Å²) in [5.74, 6) is 0.938. The molecule has 0 aliphatic carbocycles. The molecule has 0 aliphatic heterocycles. The molecule has 0 fully saturated rings. The van der Waals surface area contributed by atoms with Crippen molar-refractivity contribution in [1.29, 1.82) is 0 Å². The normalized spacial score (nSPS) is 10.8. The van der Waals surface area contributed by atoms with Gasteiger partial charge in [-0.2, -0.15) is 0 Å². The van der Waals surface area contributed by atoms with Crippen LogP contribution in [0, 0.1) is 13.8 Å². The standard InChI is InChI=1S/C19H18BrNO3/c1-11-4-5-13(8-17(11)23-3)10-21-19(22)18-12(2)15-9-14(20)6-7-16(15)24-18/h4-9H,10H2,1-3H3,(H,21,22). The van der Waals surface area contributed by atoms with Crippen molar-refractivity contribution in [2.45, 2.75) is 20.4 Å². The third-order valence-electron chi connectivity index (χ3n) is 4.03. The van der Waals surface area contributed by atoms with Crippen LogP contribution in [0.1, 0.15) is 27.2 Å². The summed E-state index contributed by atoms with van der Waals surface area (Å²) in [5, 5.41) is 3.84. The average molecular weight is 388 g/mol. The predicted molar refractivity (Wildman–Crippen MR) is 97.6 cm³/mol. The first-order chi connectivity index (χ1) is 11.5. The Morgan fingerprint density at radius 1 is 1.21 bits per heavy atom. The quantitative estimate of drug-likeness (QED) is 0.702. The Morgan fingerprint density at radius 3 is 2.75 bits per heavy atom. The molecule has 3 rings (SSSR count).